The lowest BCUT2D eigenvalue weighted by Crippen LogP contribution is -2.17. The maximum absolute atomic E-state index is 4.29. The van der Waals surface area contributed by atoms with Gasteiger partial charge < -0.3 is 5.32 Å². The third-order valence-electron chi connectivity index (χ3n) is 3.15. The van der Waals surface area contributed by atoms with Crippen molar-refractivity contribution in [2.24, 2.45) is 0 Å². The van der Waals surface area contributed by atoms with Gasteiger partial charge in [-0.1, -0.05) is 37.3 Å². The van der Waals surface area contributed by atoms with Crippen molar-refractivity contribution >= 4 is 11.3 Å². The SMILES string of the molecule is CCCNCCc1nnc(CCCc2ccccc2)s1. The average molecular weight is 289 g/mol. The Balaban J connectivity index is 1.67. The van der Waals surface area contributed by atoms with Crippen LogP contribution in [0.15, 0.2) is 30.3 Å². The first kappa shape index (κ1) is 15.1. The van der Waals surface area contributed by atoms with Crippen molar-refractivity contribution in [1.82, 2.24) is 15.5 Å². The molecule has 0 bridgehead atoms. The second kappa shape index (κ2) is 8.82. The van der Waals surface area contributed by atoms with Gasteiger partial charge in [0.1, 0.15) is 10.0 Å². The second-order valence-corrected chi connectivity index (χ2v) is 6.08. The van der Waals surface area contributed by atoms with Crippen LogP contribution in [0.3, 0.4) is 0 Å². The molecule has 0 atom stereocenters. The Labute approximate surface area is 125 Å². The van der Waals surface area contributed by atoms with E-state index in [1.807, 2.05) is 0 Å². The van der Waals surface area contributed by atoms with Crippen molar-refractivity contribution < 1.29 is 0 Å². The van der Waals surface area contributed by atoms with Crippen molar-refractivity contribution in [1.29, 1.82) is 0 Å². The first-order valence-corrected chi connectivity index (χ1v) is 8.26. The molecule has 0 saturated heterocycles. The zero-order valence-corrected chi connectivity index (χ0v) is 13.0. The molecule has 4 heteroatoms. The van der Waals surface area contributed by atoms with E-state index in [0.29, 0.717) is 0 Å². The Morgan fingerprint density at radius 2 is 1.70 bits per heavy atom. The molecule has 108 valence electrons. The van der Waals surface area contributed by atoms with Gasteiger partial charge in [0.15, 0.2) is 0 Å². The van der Waals surface area contributed by atoms with Crippen LogP contribution in [0.5, 0.6) is 0 Å². The number of nitrogens with zero attached hydrogens (tertiary/aromatic N) is 2. The molecule has 0 aliphatic carbocycles. The summed E-state index contributed by atoms with van der Waals surface area (Å²) in [6, 6.07) is 10.6. The van der Waals surface area contributed by atoms with E-state index >= 15 is 0 Å². The molecule has 2 rings (SSSR count). The first-order valence-electron chi connectivity index (χ1n) is 7.44. The van der Waals surface area contributed by atoms with E-state index in [-0.39, 0.29) is 0 Å². The van der Waals surface area contributed by atoms with Gasteiger partial charge in [0.25, 0.3) is 0 Å². The maximum atomic E-state index is 4.29. The number of hydrogen-bond donors (Lipinski definition) is 1. The molecule has 0 saturated carbocycles. The Morgan fingerprint density at radius 1 is 0.950 bits per heavy atom. The quantitative estimate of drug-likeness (QED) is 0.720. The maximum Gasteiger partial charge on any atom is 0.118 e. The van der Waals surface area contributed by atoms with E-state index in [0.717, 1.165) is 43.8 Å². The van der Waals surface area contributed by atoms with Gasteiger partial charge >= 0.3 is 0 Å². The summed E-state index contributed by atoms with van der Waals surface area (Å²) in [6.07, 6.45) is 5.48. The van der Waals surface area contributed by atoms with Gasteiger partial charge in [-0.25, -0.2) is 0 Å². The molecule has 3 nitrogen and oxygen atoms in total. The molecule has 1 N–H and O–H groups in total. The minimum absolute atomic E-state index is 0.996. The molecule has 1 heterocycles. The van der Waals surface area contributed by atoms with Gasteiger partial charge in [0.2, 0.25) is 0 Å². The number of aryl methyl sites for hydroxylation is 2. The van der Waals surface area contributed by atoms with Gasteiger partial charge in [-0.2, -0.15) is 0 Å². The van der Waals surface area contributed by atoms with Gasteiger partial charge in [0.05, 0.1) is 0 Å². The number of aromatic nitrogens is 2. The lowest BCUT2D eigenvalue weighted by molar-refractivity contribution is 0.667. The summed E-state index contributed by atoms with van der Waals surface area (Å²) < 4.78 is 0. The molecule has 0 aliphatic rings. The molecule has 2 aromatic rings. The summed E-state index contributed by atoms with van der Waals surface area (Å²) in [6.45, 7) is 4.28. The molecular formula is C16H23N3S. The normalized spacial score (nSPS) is 10.8. The molecule has 0 unspecified atom stereocenters. The third kappa shape index (κ3) is 5.39. The monoisotopic (exact) mass is 289 g/mol. The first-order chi connectivity index (χ1) is 9.88. The number of rotatable bonds is 9. The Hall–Kier alpha value is -1.26. The van der Waals surface area contributed by atoms with E-state index in [2.05, 4.69) is 52.8 Å². The fraction of sp³-hybridized carbons (Fsp3) is 0.500. The molecule has 0 aliphatic heterocycles. The zero-order chi connectivity index (χ0) is 14.0. The zero-order valence-electron chi connectivity index (χ0n) is 12.1. The standard InChI is InChI=1S/C16H23N3S/c1-2-12-17-13-11-16-19-18-15(20-16)10-6-9-14-7-4-3-5-8-14/h3-5,7-8,17H,2,6,9-13H2,1H3. The molecule has 0 fully saturated rings. The Bertz CT molecular complexity index is 481. The van der Waals surface area contributed by atoms with Crippen molar-refractivity contribution in [2.75, 3.05) is 13.1 Å². The van der Waals surface area contributed by atoms with Crippen molar-refractivity contribution in [3.05, 3.63) is 45.9 Å². The molecule has 1 aromatic heterocycles. The molecule has 1 aromatic carbocycles. The summed E-state index contributed by atoms with van der Waals surface area (Å²) in [5, 5.41) is 14.3. The topological polar surface area (TPSA) is 37.8 Å². The van der Waals surface area contributed by atoms with Gasteiger partial charge in [0, 0.05) is 19.4 Å². The van der Waals surface area contributed by atoms with E-state index in [9.17, 15) is 0 Å². The van der Waals surface area contributed by atoms with E-state index < -0.39 is 0 Å². The summed E-state index contributed by atoms with van der Waals surface area (Å²) in [4.78, 5) is 0. The van der Waals surface area contributed by atoms with Crippen LogP contribution in [-0.4, -0.2) is 23.3 Å². The molecule has 0 spiro atoms. The van der Waals surface area contributed by atoms with Crippen molar-refractivity contribution in [3.63, 3.8) is 0 Å². The second-order valence-electron chi connectivity index (χ2n) is 4.93. The minimum Gasteiger partial charge on any atom is -0.316 e. The summed E-state index contributed by atoms with van der Waals surface area (Å²) in [5.74, 6) is 0. The summed E-state index contributed by atoms with van der Waals surface area (Å²) in [7, 11) is 0. The van der Waals surface area contributed by atoms with E-state index in [1.54, 1.807) is 11.3 Å². The number of hydrogen-bond acceptors (Lipinski definition) is 4. The molecule has 0 radical (unpaired) electrons. The van der Waals surface area contributed by atoms with Crippen LogP contribution < -0.4 is 5.32 Å². The highest BCUT2D eigenvalue weighted by Gasteiger charge is 2.04. The predicted octanol–water partition coefficient (Wildman–Crippen LogP) is 3.26. The van der Waals surface area contributed by atoms with Gasteiger partial charge in [-0.15, -0.1) is 21.5 Å². The largest absolute Gasteiger partial charge is 0.316 e. The molecular weight excluding hydrogens is 266 g/mol. The van der Waals surface area contributed by atoms with Gasteiger partial charge in [-0.3, -0.25) is 0 Å². The average Bonchev–Trinajstić information content (AvgIpc) is 2.93. The minimum atomic E-state index is 0.996. The van der Waals surface area contributed by atoms with Crippen molar-refractivity contribution in [3.8, 4) is 0 Å². The van der Waals surface area contributed by atoms with Crippen LogP contribution in [-0.2, 0) is 19.3 Å². The van der Waals surface area contributed by atoms with Crippen LogP contribution in [0.4, 0.5) is 0 Å². The highest BCUT2D eigenvalue weighted by molar-refractivity contribution is 7.11. The van der Waals surface area contributed by atoms with Crippen LogP contribution >= 0.6 is 11.3 Å². The predicted molar refractivity (Wildman–Crippen MR) is 85.2 cm³/mol. The lowest BCUT2D eigenvalue weighted by Gasteiger charge is -1.99. The van der Waals surface area contributed by atoms with Crippen LogP contribution in [0, 0.1) is 0 Å². The lowest BCUT2D eigenvalue weighted by atomic mass is 10.1. The highest BCUT2D eigenvalue weighted by atomic mass is 32.1. The number of nitrogens with one attached hydrogen (secondary N) is 1. The highest BCUT2D eigenvalue weighted by Crippen LogP contribution is 2.13. The van der Waals surface area contributed by atoms with Crippen molar-refractivity contribution in [2.45, 2.75) is 39.0 Å². The molecule has 0 amide bonds. The third-order valence-corrected chi connectivity index (χ3v) is 4.19. The molecule has 20 heavy (non-hydrogen) atoms. The smallest absolute Gasteiger partial charge is 0.118 e. The number of benzene rings is 1. The van der Waals surface area contributed by atoms with E-state index in [1.165, 1.54) is 17.0 Å². The van der Waals surface area contributed by atoms with Crippen LogP contribution in [0.2, 0.25) is 0 Å². The fourth-order valence-corrected chi connectivity index (χ4v) is 2.96. The fourth-order valence-electron chi connectivity index (χ4n) is 2.08. The summed E-state index contributed by atoms with van der Waals surface area (Å²) >= 11 is 1.76. The Morgan fingerprint density at radius 3 is 2.45 bits per heavy atom. The van der Waals surface area contributed by atoms with Crippen LogP contribution in [0.25, 0.3) is 0 Å². The van der Waals surface area contributed by atoms with E-state index in [4.69, 9.17) is 0 Å². The van der Waals surface area contributed by atoms with Gasteiger partial charge in [-0.05, 0) is 31.4 Å². The Kier molecular flexibility index (Phi) is 6.68. The van der Waals surface area contributed by atoms with Crippen LogP contribution in [0.1, 0.15) is 35.3 Å². The summed E-state index contributed by atoms with van der Waals surface area (Å²) in [5.41, 5.74) is 1.40.